The standard InChI is InChI=1S/C13H22N4O2S/c1-13(5-6-13)16-20(18,19)12-9-15-17(10-12)8-2-7-14-11-3-4-11/h9-11,14,16H,2-8H2,1H3. The molecule has 2 aliphatic rings. The van der Waals surface area contributed by atoms with Gasteiger partial charge in [-0.05, 0) is 45.6 Å². The van der Waals surface area contributed by atoms with E-state index < -0.39 is 10.0 Å². The van der Waals surface area contributed by atoms with Crippen molar-refractivity contribution in [1.82, 2.24) is 19.8 Å². The summed E-state index contributed by atoms with van der Waals surface area (Å²) in [4.78, 5) is 0.265. The number of sulfonamides is 1. The molecule has 0 amide bonds. The first-order valence-corrected chi connectivity index (χ1v) is 8.75. The largest absolute Gasteiger partial charge is 0.314 e. The van der Waals surface area contributed by atoms with E-state index >= 15 is 0 Å². The van der Waals surface area contributed by atoms with Crippen LogP contribution in [-0.4, -0.2) is 36.3 Å². The van der Waals surface area contributed by atoms with E-state index in [0.717, 1.165) is 32.4 Å². The second kappa shape index (κ2) is 5.13. The smallest absolute Gasteiger partial charge is 0.244 e. The molecule has 112 valence electrons. The third-order valence-corrected chi connectivity index (χ3v) is 5.47. The topological polar surface area (TPSA) is 76.0 Å². The maximum absolute atomic E-state index is 12.2. The Kier molecular flexibility index (Phi) is 3.60. The van der Waals surface area contributed by atoms with E-state index in [1.54, 1.807) is 10.9 Å². The van der Waals surface area contributed by atoms with Crippen molar-refractivity contribution in [3.05, 3.63) is 12.4 Å². The predicted octanol–water partition coefficient (Wildman–Crippen LogP) is 0.856. The fourth-order valence-electron chi connectivity index (χ4n) is 2.11. The molecule has 2 saturated carbocycles. The van der Waals surface area contributed by atoms with Crippen LogP contribution in [0.1, 0.15) is 39.0 Å². The molecule has 0 unspecified atom stereocenters. The van der Waals surface area contributed by atoms with Crippen molar-refractivity contribution in [3.63, 3.8) is 0 Å². The maximum atomic E-state index is 12.2. The van der Waals surface area contributed by atoms with E-state index in [4.69, 9.17) is 0 Å². The Morgan fingerprint density at radius 3 is 2.85 bits per heavy atom. The van der Waals surface area contributed by atoms with Gasteiger partial charge in [-0.2, -0.15) is 5.10 Å². The minimum Gasteiger partial charge on any atom is -0.314 e. The summed E-state index contributed by atoms with van der Waals surface area (Å²) in [6, 6.07) is 0.715. The monoisotopic (exact) mass is 298 g/mol. The summed E-state index contributed by atoms with van der Waals surface area (Å²) in [5.41, 5.74) is -0.241. The van der Waals surface area contributed by atoms with E-state index in [9.17, 15) is 8.42 Å². The van der Waals surface area contributed by atoms with Gasteiger partial charge in [0.15, 0.2) is 0 Å². The average Bonchev–Trinajstić information content (AvgIpc) is 3.27. The normalized spacial score (nSPS) is 21.1. The van der Waals surface area contributed by atoms with Crippen LogP contribution in [0, 0.1) is 0 Å². The first-order chi connectivity index (χ1) is 9.47. The zero-order chi connectivity index (χ0) is 14.2. The van der Waals surface area contributed by atoms with Gasteiger partial charge in [0.25, 0.3) is 0 Å². The number of nitrogens with zero attached hydrogens (tertiary/aromatic N) is 2. The molecule has 3 rings (SSSR count). The van der Waals surface area contributed by atoms with Crippen molar-refractivity contribution in [1.29, 1.82) is 0 Å². The van der Waals surface area contributed by atoms with Crippen molar-refractivity contribution in [3.8, 4) is 0 Å². The molecule has 1 aromatic rings. The number of hydrogen-bond donors (Lipinski definition) is 2. The van der Waals surface area contributed by atoms with Gasteiger partial charge in [0.05, 0.1) is 6.20 Å². The van der Waals surface area contributed by atoms with Crippen LogP contribution in [-0.2, 0) is 16.6 Å². The number of hydrogen-bond acceptors (Lipinski definition) is 4. The van der Waals surface area contributed by atoms with Crippen molar-refractivity contribution in [2.45, 2.75) is 62.0 Å². The van der Waals surface area contributed by atoms with Gasteiger partial charge >= 0.3 is 0 Å². The van der Waals surface area contributed by atoms with Crippen LogP contribution in [0.4, 0.5) is 0 Å². The molecule has 7 heteroatoms. The van der Waals surface area contributed by atoms with Crippen LogP contribution < -0.4 is 10.0 Å². The molecule has 1 heterocycles. The predicted molar refractivity (Wildman–Crippen MR) is 75.8 cm³/mol. The number of rotatable bonds is 8. The summed E-state index contributed by atoms with van der Waals surface area (Å²) in [7, 11) is -3.42. The molecule has 1 aromatic heterocycles. The Morgan fingerprint density at radius 2 is 2.20 bits per heavy atom. The van der Waals surface area contributed by atoms with Crippen LogP contribution >= 0.6 is 0 Å². The first-order valence-electron chi connectivity index (χ1n) is 7.27. The highest BCUT2D eigenvalue weighted by atomic mass is 32.2. The third kappa shape index (κ3) is 3.59. The maximum Gasteiger partial charge on any atom is 0.244 e. The minimum absolute atomic E-state index is 0.241. The van der Waals surface area contributed by atoms with E-state index in [-0.39, 0.29) is 10.4 Å². The van der Waals surface area contributed by atoms with Gasteiger partial charge in [-0.1, -0.05) is 0 Å². The molecular weight excluding hydrogens is 276 g/mol. The lowest BCUT2D eigenvalue weighted by atomic mass is 10.4. The molecule has 0 atom stereocenters. The summed E-state index contributed by atoms with van der Waals surface area (Å²) in [5, 5.41) is 7.57. The lowest BCUT2D eigenvalue weighted by molar-refractivity contribution is 0.540. The van der Waals surface area contributed by atoms with Gasteiger partial charge in [-0.3, -0.25) is 4.68 Å². The van der Waals surface area contributed by atoms with Crippen molar-refractivity contribution < 1.29 is 8.42 Å². The van der Waals surface area contributed by atoms with Gasteiger partial charge in [0, 0.05) is 24.3 Å². The van der Waals surface area contributed by atoms with E-state index in [0.29, 0.717) is 6.04 Å². The van der Waals surface area contributed by atoms with Crippen molar-refractivity contribution in [2.24, 2.45) is 0 Å². The molecular formula is C13H22N4O2S. The van der Waals surface area contributed by atoms with Crippen LogP contribution in [0.15, 0.2) is 17.3 Å². The summed E-state index contributed by atoms with van der Waals surface area (Å²) >= 11 is 0. The molecule has 2 N–H and O–H groups in total. The van der Waals surface area contributed by atoms with E-state index in [1.165, 1.54) is 19.0 Å². The van der Waals surface area contributed by atoms with Crippen molar-refractivity contribution in [2.75, 3.05) is 6.54 Å². The fourth-order valence-corrected chi connectivity index (χ4v) is 3.53. The average molecular weight is 298 g/mol. The molecule has 0 saturated heterocycles. The molecule has 0 aromatic carbocycles. The Bertz CT molecular complexity index is 573. The highest BCUT2D eigenvalue weighted by molar-refractivity contribution is 7.89. The summed E-state index contributed by atoms with van der Waals surface area (Å²) in [5.74, 6) is 0. The van der Waals surface area contributed by atoms with Gasteiger partial charge in [-0.15, -0.1) is 0 Å². The fraction of sp³-hybridized carbons (Fsp3) is 0.769. The SMILES string of the molecule is CC1(NS(=O)(=O)c2cnn(CCCNC3CC3)c2)CC1. The molecule has 2 aliphatic carbocycles. The van der Waals surface area contributed by atoms with E-state index in [1.807, 2.05) is 6.92 Å². The van der Waals surface area contributed by atoms with E-state index in [2.05, 4.69) is 15.1 Å². The van der Waals surface area contributed by atoms with Crippen LogP contribution in [0.3, 0.4) is 0 Å². The Hall–Kier alpha value is -0.920. The van der Waals surface area contributed by atoms with Crippen LogP contribution in [0.2, 0.25) is 0 Å². The molecule has 0 radical (unpaired) electrons. The molecule has 0 aliphatic heterocycles. The van der Waals surface area contributed by atoms with Crippen molar-refractivity contribution >= 4 is 10.0 Å². The molecule has 0 bridgehead atoms. The zero-order valence-corrected chi connectivity index (χ0v) is 12.6. The number of nitrogens with one attached hydrogen (secondary N) is 2. The van der Waals surface area contributed by atoms with Crippen LogP contribution in [0.5, 0.6) is 0 Å². The van der Waals surface area contributed by atoms with Gasteiger partial charge < -0.3 is 5.32 Å². The second-order valence-electron chi connectivity index (χ2n) is 6.19. The molecule has 0 spiro atoms. The molecule has 6 nitrogen and oxygen atoms in total. The van der Waals surface area contributed by atoms with Crippen LogP contribution in [0.25, 0.3) is 0 Å². The zero-order valence-electron chi connectivity index (χ0n) is 11.8. The summed E-state index contributed by atoms with van der Waals surface area (Å²) in [6.45, 7) is 3.63. The second-order valence-corrected chi connectivity index (χ2v) is 7.87. The molecule has 2 fully saturated rings. The van der Waals surface area contributed by atoms with Gasteiger partial charge in [0.1, 0.15) is 4.90 Å². The minimum atomic E-state index is -3.42. The quantitative estimate of drug-likeness (QED) is 0.698. The summed E-state index contributed by atoms with van der Waals surface area (Å²) < 4.78 is 28.7. The lowest BCUT2D eigenvalue weighted by Crippen LogP contribution is -2.34. The Labute approximate surface area is 120 Å². The lowest BCUT2D eigenvalue weighted by Gasteiger charge is -2.10. The number of aromatic nitrogens is 2. The molecule has 20 heavy (non-hydrogen) atoms. The van der Waals surface area contributed by atoms with Gasteiger partial charge in [0.2, 0.25) is 10.0 Å². The van der Waals surface area contributed by atoms with Gasteiger partial charge in [-0.25, -0.2) is 13.1 Å². The number of aryl methyl sites for hydroxylation is 1. The highest BCUT2D eigenvalue weighted by Crippen LogP contribution is 2.35. The third-order valence-electron chi connectivity index (χ3n) is 3.87. The Morgan fingerprint density at radius 1 is 1.45 bits per heavy atom. The Balaban J connectivity index is 1.52. The summed E-state index contributed by atoms with van der Waals surface area (Å²) in [6.07, 6.45) is 8.40. The highest BCUT2D eigenvalue weighted by Gasteiger charge is 2.41. The first kappa shape index (κ1) is 14.0.